The molecule has 1 rings (SSSR count). The zero-order chi connectivity index (χ0) is 12.0. The minimum absolute atomic E-state index is 0.157. The first-order valence-corrected chi connectivity index (χ1v) is 5.62. The Labute approximate surface area is 97.1 Å². The third-order valence-electron chi connectivity index (χ3n) is 2.13. The maximum Gasteiger partial charge on any atom is 0.141 e. The second-order valence-electron chi connectivity index (χ2n) is 5.21. The molecule has 0 bridgehead atoms. The van der Waals surface area contributed by atoms with Crippen LogP contribution >= 0.6 is 0 Å². The van der Waals surface area contributed by atoms with Gasteiger partial charge in [-0.1, -0.05) is 20.8 Å². The zero-order valence-corrected chi connectivity index (χ0v) is 10.3. The van der Waals surface area contributed by atoms with Crippen LogP contribution in [-0.2, 0) is 6.54 Å². The van der Waals surface area contributed by atoms with E-state index in [0.717, 1.165) is 12.2 Å². The van der Waals surface area contributed by atoms with E-state index < -0.39 is 0 Å². The van der Waals surface area contributed by atoms with Gasteiger partial charge in [0.05, 0.1) is 12.6 Å². The molecule has 1 unspecified atom stereocenters. The molecule has 1 aromatic heterocycles. The van der Waals surface area contributed by atoms with Crippen LogP contribution in [0.4, 0.5) is 0 Å². The maximum absolute atomic E-state index is 9.76. The van der Waals surface area contributed by atoms with Gasteiger partial charge in [-0.2, -0.15) is 0 Å². The van der Waals surface area contributed by atoms with Gasteiger partial charge in [-0.3, -0.25) is 0 Å². The Morgan fingerprint density at radius 2 is 1.94 bits per heavy atom. The Kier molecular flexibility index (Phi) is 4.83. The number of aliphatic hydroxyl groups is 1. The highest BCUT2D eigenvalue weighted by Gasteiger charge is 2.16. The number of rotatable bonds is 5. The summed E-state index contributed by atoms with van der Waals surface area (Å²) in [6.45, 7) is 7.54. The van der Waals surface area contributed by atoms with Gasteiger partial charge in [-0.25, -0.2) is 9.97 Å². The fourth-order valence-electron chi connectivity index (χ4n) is 1.55. The molecule has 1 atom stereocenters. The van der Waals surface area contributed by atoms with Crippen LogP contribution in [0.5, 0.6) is 0 Å². The number of hydrogen-bond donors (Lipinski definition) is 2. The summed E-state index contributed by atoms with van der Waals surface area (Å²) in [7, 11) is 0. The van der Waals surface area contributed by atoms with Gasteiger partial charge in [-0.05, 0) is 17.9 Å². The molecule has 1 heterocycles. The van der Waals surface area contributed by atoms with E-state index in [0.29, 0.717) is 13.1 Å². The Morgan fingerprint density at radius 1 is 1.31 bits per heavy atom. The zero-order valence-electron chi connectivity index (χ0n) is 10.3. The van der Waals surface area contributed by atoms with Gasteiger partial charge < -0.3 is 10.4 Å². The van der Waals surface area contributed by atoms with Crippen LogP contribution in [0.25, 0.3) is 0 Å². The molecule has 90 valence electrons. The molecule has 16 heavy (non-hydrogen) atoms. The molecule has 0 aliphatic carbocycles. The topological polar surface area (TPSA) is 58.0 Å². The van der Waals surface area contributed by atoms with E-state index in [1.807, 2.05) is 0 Å². The van der Waals surface area contributed by atoms with Gasteiger partial charge in [0.1, 0.15) is 5.82 Å². The van der Waals surface area contributed by atoms with Crippen molar-refractivity contribution in [3.8, 4) is 0 Å². The fourth-order valence-corrected chi connectivity index (χ4v) is 1.55. The smallest absolute Gasteiger partial charge is 0.141 e. The van der Waals surface area contributed by atoms with Crippen molar-refractivity contribution in [2.45, 2.75) is 39.8 Å². The number of nitrogens with one attached hydrogen (secondary N) is 1. The third-order valence-corrected chi connectivity index (χ3v) is 2.13. The Balaban J connectivity index is 2.21. The molecule has 1 aromatic rings. The molecular formula is C12H21N3O. The largest absolute Gasteiger partial charge is 0.392 e. The lowest BCUT2D eigenvalue weighted by Crippen LogP contribution is -2.30. The van der Waals surface area contributed by atoms with E-state index in [1.54, 1.807) is 18.5 Å². The van der Waals surface area contributed by atoms with Gasteiger partial charge in [0.2, 0.25) is 0 Å². The van der Waals surface area contributed by atoms with Gasteiger partial charge in [-0.15, -0.1) is 0 Å². The van der Waals surface area contributed by atoms with Crippen LogP contribution in [0.1, 0.15) is 33.0 Å². The van der Waals surface area contributed by atoms with E-state index >= 15 is 0 Å². The van der Waals surface area contributed by atoms with Gasteiger partial charge in [0.15, 0.2) is 0 Å². The average Bonchev–Trinajstić information content (AvgIpc) is 2.16. The summed E-state index contributed by atoms with van der Waals surface area (Å²) in [6, 6.07) is 1.79. The van der Waals surface area contributed by atoms with E-state index in [4.69, 9.17) is 0 Å². The average molecular weight is 223 g/mol. The van der Waals surface area contributed by atoms with Crippen LogP contribution in [-0.4, -0.2) is 27.7 Å². The predicted molar refractivity (Wildman–Crippen MR) is 63.8 cm³/mol. The van der Waals surface area contributed by atoms with Gasteiger partial charge in [0.25, 0.3) is 0 Å². The fraction of sp³-hybridized carbons (Fsp3) is 0.667. The minimum Gasteiger partial charge on any atom is -0.392 e. The SMILES string of the molecule is CC(C)(C)CC(O)CNCc1ncccn1. The molecule has 0 aliphatic heterocycles. The summed E-state index contributed by atoms with van der Waals surface area (Å²) in [6.07, 6.45) is 3.91. The van der Waals surface area contributed by atoms with E-state index in [1.165, 1.54) is 0 Å². The van der Waals surface area contributed by atoms with E-state index in [9.17, 15) is 5.11 Å². The van der Waals surface area contributed by atoms with Gasteiger partial charge >= 0.3 is 0 Å². The summed E-state index contributed by atoms with van der Waals surface area (Å²) < 4.78 is 0. The van der Waals surface area contributed by atoms with E-state index in [2.05, 4.69) is 36.1 Å². The molecule has 0 fully saturated rings. The highest BCUT2D eigenvalue weighted by Crippen LogP contribution is 2.20. The number of aliphatic hydroxyl groups excluding tert-OH is 1. The summed E-state index contributed by atoms with van der Waals surface area (Å²) >= 11 is 0. The van der Waals surface area contributed by atoms with Crippen molar-refractivity contribution in [1.82, 2.24) is 15.3 Å². The van der Waals surface area contributed by atoms with Crippen LogP contribution in [0, 0.1) is 5.41 Å². The number of nitrogens with zero attached hydrogens (tertiary/aromatic N) is 2. The van der Waals surface area contributed by atoms with Crippen molar-refractivity contribution < 1.29 is 5.11 Å². The highest BCUT2D eigenvalue weighted by atomic mass is 16.3. The number of aromatic nitrogens is 2. The molecular weight excluding hydrogens is 202 g/mol. The molecule has 0 amide bonds. The monoisotopic (exact) mass is 223 g/mol. The molecule has 0 radical (unpaired) electrons. The summed E-state index contributed by atoms with van der Waals surface area (Å²) in [5, 5.41) is 12.9. The predicted octanol–water partition coefficient (Wildman–Crippen LogP) is 1.36. The van der Waals surface area contributed by atoms with Crippen molar-refractivity contribution in [3.63, 3.8) is 0 Å². The van der Waals surface area contributed by atoms with Crippen LogP contribution in [0.3, 0.4) is 0 Å². The first kappa shape index (κ1) is 13.1. The minimum atomic E-state index is -0.316. The highest BCUT2D eigenvalue weighted by molar-refractivity contribution is 4.87. The van der Waals surface area contributed by atoms with E-state index in [-0.39, 0.29) is 11.5 Å². The Bertz CT molecular complexity index is 295. The second kappa shape index (κ2) is 5.92. The molecule has 0 saturated heterocycles. The molecule has 4 nitrogen and oxygen atoms in total. The summed E-state index contributed by atoms with van der Waals surface area (Å²) in [5.41, 5.74) is 0.157. The quantitative estimate of drug-likeness (QED) is 0.791. The molecule has 2 N–H and O–H groups in total. The first-order valence-electron chi connectivity index (χ1n) is 5.62. The Morgan fingerprint density at radius 3 is 2.50 bits per heavy atom. The standard InChI is InChI=1S/C12H21N3O/c1-12(2,3)7-10(16)8-13-9-11-14-5-4-6-15-11/h4-6,10,13,16H,7-9H2,1-3H3. The summed E-state index contributed by atoms with van der Waals surface area (Å²) in [5.74, 6) is 0.755. The van der Waals surface area contributed by atoms with Crippen molar-refractivity contribution in [3.05, 3.63) is 24.3 Å². The normalized spacial score (nSPS) is 13.8. The van der Waals surface area contributed by atoms with Crippen LogP contribution in [0.2, 0.25) is 0 Å². The van der Waals surface area contributed by atoms with Crippen LogP contribution < -0.4 is 5.32 Å². The van der Waals surface area contributed by atoms with Crippen molar-refractivity contribution in [2.24, 2.45) is 5.41 Å². The molecule has 0 aromatic carbocycles. The molecule has 0 aliphatic rings. The first-order chi connectivity index (χ1) is 7.47. The third kappa shape index (κ3) is 5.78. The summed E-state index contributed by atoms with van der Waals surface area (Å²) in [4.78, 5) is 8.19. The maximum atomic E-state index is 9.76. The van der Waals surface area contributed by atoms with Crippen molar-refractivity contribution in [1.29, 1.82) is 0 Å². The lowest BCUT2D eigenvalue weighted by Gasteiger charge is -2.22. The Hall–Kier alpha value is -1.00. The molecule has 0 spiro atoms. The molecule has 0 saturated carbocycles. The number of hydrogen-bond acceptors (Lipinski definition) is 4. The lowest BCUT2D eigenvalue weighted by molar-refractivity contribution is 0.119. The second-order valence-corrected chi connectivity index (χ2v) is 5.21. The lowest BCUT2D eigenvalue weighted by atomic mass is 9.89. The van der Waals surface area contributed by atoms with Crippen molar-refractivity contribution in [2.75, 3.05) is 6.54 Å². The van der Waals surface area contributed by atoms with Crippen molar-refractivity contribution >= 4 is 0 Å². The molecule has 4 heteroatoms. The van der Waals surface area contributed by atoms with Gasteiger partial charge in [0, 0.05) is 18.9 Å². The van der Waals surface area contributed by atoms with Crippen LogP contribution in [0.15, 0.2) is 18.5 Å².